The van der Waals surface area contributed by atoms with Gasteiger partial charge in [-0.2, -0.15) is 0 Å². The van der Waals surface area contributed by atoms with Crippen molar-refractivity contribution in [1.82, 2.24) is 5.32 Å². The molecule has 0 aliphatic carbocycles. The lowest BCUT2D eigenvalue weighted by Crippen LogP contribution is -2.23. The van der Waals surface area contributed by atoms with Crippen molar-refractivity contribution in [3.8, 4) is 0 Å². The highest BCUT2D eigenvalue weighted by atomic mass is 19.1. The second-order valence-electron chi connectivity index (χ2n) is 4.73. The van der Waals surface area contributed by atoms with Gasteiger partial charge in [-0.3, -0.25) is 0 Å². The summed E-state index contributed by atoms with van der Waals surface area (Å²) in [5.74, 6) is -0.150. The van der Waals surface area contributed by atoms with Crippen LogP contribution in [0.3, 0.4) is 0 Å². The van der Waals surface area contributed by atoms with Crippen LogP contribution in [0.4, 0.5) is 4.39 Å². The third-order valence-electron chi connectivity index (χ3n) is 3.16. The molecule has 1 unspecified atom stereocenters. The van der Waals surface area contributed by atoms with E-state index in [2.05, 4.69) is 18.8 Å². The number of aryl methyl sites for hydroxylation is 1. The first kappa shape index (κ1) is 14.9. The number of hydrogen-bond acceptors (Lipinski definition) is 1. The number of benzene rings is 1. The fourth-order valence-corrected chi connectivity index (χ4v) is 2.14. The number of allylic oxidation sites excluding steroid dienone is 1. The van der Waals surface area contributed by atoms with E-state index in [1.54, 1.807) is 6.07 Å². The van der Waals surface area contributed by atoms with Crippen LogP contribution in [-0.4, -0.2) is 6.54 Å². The van der Waals surface area contributed by atoms with Crippen LogP contribution in [0, 0.1) is 12.7 Å². The smallest absolute Gasteiger partial charge is 0.123 e. The van der Waals surface area contributed by atoms with Crippen molar-refractivity contribution in [1.29, 1.82) is 0 Å². The van der Waals surface area contributed by atoms with Gasteiger partial charge < -0.3 is 5.32 Å². The summed E-state index contributed by atoms with van der Waals surface area (Å²) in [6.07, 6.45) is 6.15. The minimum absolute atomic E-state index is 0.150. The largest absolute Gasteiger partial charge is 0.310 e. The SMILES string of the molecule is C=CCCCC(NCCC)c1cc(F)ccc1C. The van der Waals surface area contributed by atoms with Gasteiger partial charge in [0.2, 0.25) is 0 Å². The van der Waals surface area contributed by atoms with Crippen molar-refractivity contribution in [2.75, 3.05) is 6.54 Å². The number of unbranched alkanes of at least 4 members (excludes halogenated alkanes) is 1. The van der Waals surface area contributed by atoms with Gasteiger partial charge in [0.05, 0.1) is 0 Å². The molecular weight excluding hydrogens is 225 g/mol. The molecule has 100 valence electrons. The van der Waals surface area contributed by atoms with Gasteiger partial charge in [0, 0.05) is 6.04 Å². The highest BCUT2D eigenvalue weighted by molar-refractivity contribution is 5.29. The Balaban J connectivity index is 2.78. The van der Waals surface area contributed by atoms with E-state index in [9.17, 15) is 4.39 Å². The Labute approximate surface area is 110 Å². The van der Waals surface area contributed by atoms with E-state index in [1.807, 2.05) is 19.1 Å². The molecule has 0 radical (unpaired) electrons. The summed E-state index contributed by atoms with van der Waals surface area (Å²) in [5, 5.41) is 3.51. The maximum absolute atomic E-state index is 13.4. The van der Waals surface area contributed by atoms with E-state index >= 15 is 0 Å². The van der Waals surface area contributed by atoms with E-state index in [-0.39, 0.29) is 11.9 Å². The van der Waals surface area contributed by atoms with Gasteiger partial charge >= 0.3 is 0 Å². The molecular formula is C16H24FN. The highest BCUT2D eigenvalue weighted by Gasteiger charge is 2.13. The lowest BCUT2D eigenvalue weighted by atomic mass is 9.96. The molecule has 1 rings (SSSR count). The second kappa shape index (κ2) is 8.04. The van der Waals surface area contributed by atoms with Gasteiger partial charge in [-0.15, -0.1) is 6.58 Å². The number of halogens is 1. The summed E-state index contributed by atoms with van der Waals surface area (Å²) in [5.41, 5.74) is 2.25. The maximum atomic E-state index is 13.4. The van der Waals surface area contributed by atoms with Crippen molar-refractivity contribution in [2.45, 2.75) is 45.6 Å². The van der Waals surface area contributed by atoms with E-state index < -0.39 is 0 Å². The van der Waals surface area contributed by atoms with Crippen LogP contribution >= 0.6 is 0 Å². The fourth-order valence-electron chi connectivity index (χ4n) is 2.14. The summed E-state index contributed by atoms with van der Waals surface area (Å²) in [4.78, 5) is 0. The molecule has 0 amide bonds. The van der Waals surface area contributed by atoms with Crippen LogP contribution < -0.4 is 5.32 Å². The minimum atomic E-state index is -0.150. The minimum Gasteiger partial charge on any atom is -0.310 e. The molecule has 0 bridgehead atoms. The molecule has 1 atom stereocenters. The van der Waals surface area contributed by atoms with Gasteiger partial charge in [0.1, 0.15) is 5.82 Å². The average molecular weight is 249 g/mol. The normalized spacial score (nSPS) is 12.4. The molecule has 18 heavy (non-hydrogen) atoms. The van der Waals surface area contributed by atoms with Gasteiger partial charge in [0.25, 0.3) is 0 Å². The predicted molar refractivity (Wildman–Crippen MR) is 76.2 cm³/mol. The molecule has 2 heteroatoms. The Bertz CT molecular complexity index is 373. The summed E-state index contributed by atoms with van der Waals surface area (Å²) in [6.45, 7) is 8.90. The van der Waals surface area contributed by atoms with Crippen molar-refractivity contribution in [3.05, 3.63) is 47.8 Å². The summed E-state index contributed by atoms with van der Waals surface area (Å²) in [6, 6.07) is 5.30. The Morgan fingerprint density at radius 2 is 2.22 bits per heavy atom. The summed E-state index contributed by atoms with van der Waals surface area (Å²) >= 11 is 0. The number of nitrogens with one attached hydrogen (secondary N) is 1. The molecule has 0 aliphatic heterocycles. The Morgan fingerprint density at radius 3 is 2.89 bits per heavy atom. The first-order valence-corrected chi connectivity index (χ1v) is 6.79. The highest BCUT2D eigenvalue weighted by Crippen LogP contribution is 2.23. The van der Waals surface area contributed by atoms with E-state index in [1.165, 1.54) is 6.07 Å². The quantitative estimate of drug-likeness (QED) is 0.527. The molecule has 1 N–H and O–H groups in total. The second-order valence-corrected chi connectivity index (χ2v) is 4.73. The molecule has 0 saturated carbocycles. The van der Waals surface area contributed by atoms with Crippen LogP contribution in [0.2, 0.25) is 0 Å². The molecule has 1 aromatic rings. The van der Waals surface area contributed by atoms with Gasteiger partial charge in [-0.25, -0.2) is 4.39 Å². The molecule has 1 nitrogen and oxygen atoms in total. The Morgan fingerprint density at radius 1 is 1.44 bits per heavy atom. The number of hydrogen-bond donors (Lipinski definition) is 1. The fraction of sp³-hybridized carbons (Fsp3) is 0.500. The molecule has 0 fully saturated rings. The van der Waals surface area contributed by atoms with Crippen molar-refractivity contribution < 1.29 is 4.39 Å². The van der Waals surface area contributed by atoms with Crippen LogP contribution in [0.5, 0.6) is 0 Å². The van der Waals surface area contributed by atoms with Crippen LogP contribution in [-0.2, 0) is 0 Å². The molecule has 0 saturated heterocycles. The zero-order valence-electron chi connectivity index (χ0n) is 11.5. The Kier molecular flexibility index (Phi) is 6.66. The third kappa shape index (κ3) is 4.61. The summed E-state index contributed by atoms with van der Waals surface area (Å²) in [7, 11) is 0. The van der Waals surface area contributed by atoms with E-state index in [4.69, 9.17) is 0 Å². The first-order chi connectivity index (χ1) is 8.69. The van der Waals surface area contributed by atoms with E-state index in [0.717, 1.165) is 43.4 Å². The molecule has 0 spiro atoms. The molecule has 1 aromatic carbocycles. The van der Waals surface area contributed by atoms with Gasteiger partial charge in [0.15, 0.2) is 0 Å². The average Bonchev–Trinajstić information content (AvgIpc) is 2.37. The van der Waals surface area contributed by atoms with Crippen LogP contribution in [0.15, 0.2) is 30.9 Å². The zero-order chi connectivity index (χ0) is 13.4. The van der Waals surface area contributed by atoms with Crippen molar-refractivity contribution in [3.63, 3.8) is 0 Å². The third-order valence-corrected chi connectivity index (χ3v) is 3.16. The van der Waals surface area contributed by atoms with E-state index in [0.29, 0.717) is 0 Å². The van der Waals surface area contributed by atoms with Crippen molar-refractivity contribution in [2.24, 2.45) is 0 Å². The number of rotatable bonds is 8. The Hall–Kier alpha value is -1.15. The van der Waals surface area contributed by atoms with Crippen LogP contribution in [0.1, 0.15) is 49.8 Å². The molecule has 0 heterocycles. The predicted octanol–water partition coefficient (Wildman–Crippen LogP) is 4.53. The molecule has 0 aromatic heterocycles. The topological polar surface area (TPSA) is 12.0 Å². The van der Waals surface area contributed by atoms with Crippen LogP contribution in [0.25, 0.3) is 0 Å². The summed E-state index contributed by atoms with van der Waals surface area (Å²) < 4.78 is 13.4. The standard InChI is InChI=1S/C16H24FN/c1-4-6-7-8-16(18-11-5-2)15-12-14(17)10-9-13(15)3/h4,9-10,12,16,18H,1,5-8,11H2,2-3H3. The maximum Gasteiger partial charge on any atom is 0.123 e. The molecule has 0 aliphatic rings. The van der Waals surface area contributed by atoms with Gasteiger partial charge in [-0.1, -0.05) is 19.1 Å². The lowest BCUT2D eigenvalue weighted by molar-refractivity contribution is 0.481. The monoisotopic (exact) mass is 249 g/mol. The zero-order valence-corrected chi connectivity index (χ0v) is 11.5. The van der Waals surface area contributed by atoms with Gasteiger partial charge in [-0.05, 0) is 62.4 Å². The first-order valence-electron chi connectivity index (χ1n) is 6.79. The lowest BCUT2D eigenvalue weighted by Gasteiger charge is -2.21. The van der Waals surface area contributed by atoms with Crippen molar-refractivity contribution >= 4 is 0 Å².